The number of carbonyl (C=O) groups excluding carboxylic acids is 1. The number of anilines is 2. The van der Waals surface area contributed by atoms with Crippen LogP contribution in [-0.4, -0.2) is 12.5 Å². The topological polar surface area (TPSA) is 64.9 Å². The van der Waals surface area contributed by atoms with Gasteiger partial charge >= 0.3 is 0 Å². The highest BCUT2D eigenvalue weighted by atomic mass is 16.1. The second-order valence-electron chi connectivity index (χ2n) is 6.39. The average molecular weight is 307 g/mol. The van der Waals surface area contributed by atoms with Crippen molar-refractivity contribution < 1.29 is 4.79 Å². The van der Waals surface area contributed by atoms with Crippen molar-refractivity contribution in [1.29, 1.82) is 5.26 Å². The fourth-order valence-corrected chi connectivity index (χ4v) is 2.32. The summed E-state index contributed by atoms with van der Waals surface area (Å²) in [5, 5.41) is 14.9. The molecule has 0 bridgehead atoms. The van der Waals surface area contributed by atoms with Gasteiger partial charge in [-0.25, -0.2) is 0 Å². The first-order valence-corrected chi connectivity index (χ1v) is 7.53. The van der Waals surface area contributed by atoms with Crippen LogP contribution in [0.25, 0.3) is 0 Å². The number of amides is 1. The van der Waals surface area contributed by atoms with Crippen molar-refractivity contribution in [2.75, 3.05) is 17.2 Å². The van der Waals surface area contributed by atoms with E-state index in [0.717, 1.165) is 16.9 Å². The summed E-state index contributed by atoms with van der Waals surface area (Å²) in [6.07, 6.45) is 0. The molecule has 4 nitrogen and oxygen atoms in total. The molecule has 2 rings (SSSR count). The van der Waals surface area contributed by atoms with Crippen molar-refractivity contribution in [3.05, 3.63) is 59.7 Å². The van der Waals surface area contributed by atoms with E-state index in [1.165, 1.54) is 0 Å². The highest BCUT2D eigenvalue weighted by Gasteiger charge is 2.18. The number of nitrogens with one attached hydrogen (secondary N) is 2. The number of para-hydroxylation sites is 1. The summed E-state index contributed by atoms with van der Waals surface area (Å²) < 4.78 is 0. The first-order valence-electron chi connectivity index (χ1n) is 7.53. The van der Waals surface area contributed by atoms with E-state index in [9.17, 15) is 4.79 Å². The molecule has 0 spiro atoms. The van der Waals surface area contributed by atoms with Gasteiger partial charge in [-0.3, -0.25) is 4.79 Å². The van der Waals surface area contributed by atoms with Crippen LogP contribution >= 0.6 is 0 Å². The molecule has 118 valence electrons. The predicted molar refractivity (Wildman–Crippen MR) is 93.4 cm³/mol. The lowest BCUT2D eigenvalue weighted by Gasteiger charge is -2.23. The molecule has 0 aromatic heterocycles. The molecule has 2 aromatic carbocycles. The van der Waals surface area contributed by atoms with Crippen LogP contribution < -0.4 is 10.6 Å². The Bertz CT molecular complexity index is 739. The third kappa shape index (κ3) is 4.58. The van der Waals surface area contributed by atoms with Crippen molar-refractivity contribution in [3.8, 4) is 6.07 Å². The molecule has 0 heterocycles. The van der Waals surface area contributed by atoms with Crippen LogP contribution in [0.1, 0.15) is 31.9 Å². The number of rotatable bonds is 4. The van der Waals surface area contributed by atoms with E-state index < -0.39 is 0 Å². The van der Waals surface area contributed by atoms with E-state index >= 15 is 0 Å². The Morgan fingerprint density at radius 3 is 2.57 bits per heavy atom. The summed E-state index contributed by atoms with van der Waals surface area (Å²) in [6, 6.07) is 17.0. The second kappa shape index (κ2) is 6.97. The van der Waals surface area contributed by atoms with Gasteiger partial charge in [0, 0.05) is 11.4 Å². The first kappa shape index (κ1) is 16.6. The van der Waals surface area contributed by atoms with Crippen LogP contribution in [-0.2, 0) is 10.2 Å². The van der Waals surface area contributed by atoms with Gasteiger partial charge in [0.1, 0.15) is 0 Å². The second-order valence-corrected chi connectivity index (χ2v) is 6.39. The number of carbonyl (C=O) groups is 1. The van der Waals surface area contributed by atoms with Crippen molar-refractivity contribution in [3.63, 3.8) is 0 Å². The van der Waals surface area contributed by atoms with Gasteiger partial charge in [0.15, 0.2) is 0 Å². The fraction of sp³-hybridized carbons (Fsp3) is 0.263. The Balaban J connectivity index is 2.02. The predicted octanol–water partition coefficient (Wildman–Crippen LogP) is 3.91. The molecule has 2 N–H and O–H groups in total. The molecule has 2 aromatic rings. The van der Waals surface area contributed by atoms with E-state index in [0.29, 0.717) is 5.56 Å². The van der Waals surface area contributed by atoms with Crippen LogP contribution in [0, 0.1) is 11.3 Å². The fourth-order valence-electron chi connectivity index (χ4n) is 2.32. The van der Waals surface area contributed by atoms with Crippen molar-refractivity contribution >= 4 is 17.3 Å². The summed E-state index contributed by atoms with van der Waals surface area (Å²) in [4.78, 5) is 12.2. The van der Waals surface area contributed by atoms with E-state index in [1.807, 2.05) is 30.3 Å². The molecular weight excluding hydrogens is 286 g/mol. The maximum atomic E-state index is 12.2. The molecule has 0 radical (unpaired) electrons. The zero-order chi connectivity index (χ0) is 16.9. The maximum absolute atomic E-state index is 12.2. The van der Waals surface area contributed by atoms with E-state index in [2.05, 4.69) is 37.5 Å². The molecule has 0 aliphatic rings. The highest BCUT2D eigenvalue weighted by molar-refractivity contribution is 5.94. The van der Waals surface area contributed by atoms with E-state index in [1.54, 1.807) is 18.2 Å². The third-order valence-corrected chi connectivity index (χ3v) is 3.45. The zero-order valence-corrected chi connectivity index (χ0v) is 13.7. The van der Waals surface area contributed by atoms with Crippen LogP contribution in [0.2, 0.25) is 0 Å². The Hall–Kier alpha value is -2.80. The average Bonchev–Trinajstić information content (AvgIpc) is 2.52. The lowest BCUT2D eigenvalue weighted by atomic mass is 9.86. The highest BCUT2D eigenvalue weighted by Crippen LogP contribution is 2.29. The van der Waals surface area contributed by atoms with Gasteiger partial charge in [0.25, 0.3) is 0 Å². The minimum atomic E-state index is -0.121. The van der Waals surface area contributed by atoms with Gasteiger partial charge < -0.3 is 10.6 Å². The number of nitriles is 1. The molecule has 4 heteroatoms. The van der Waals surface area contributed by atoms with Gasteiger partial charge in [-0.15, -0.1) is 0 Å². The number of benzene rings is 2. The molecule has 0 saturated heterocycles. The van der Waals surface area contributed by atoms with Crippen molar-refractivity contribution in [1.82, 2.24) is 0 Å². The Kier molecular flexibility index (Phi) is 5.02. The molecule has 0 aliphatic heterocycles. The molecular formula is C19H21N3O. The molecule has 0 aliphatic carbocycles. The summed E-state index contributed by atoms with van der Waals surface area (Å²) in [6.45, 7) is 6.49. The normalized spacial score (nSPS) is 10.7. The van der Waals surface area contributed by atoms with Gasteiger partial charge in [-0.05, 0) is 35.2 Å². The smallest absolute Gasteiger partial charge is 0.243 e. The van der Waals surface area contributed by atoms with E-state index in [-0.39, 0.29) is 17.9 Å². The minimum absolute atomic E-state index is 0.0432. The lowest BCUT2D eigenvalue weighted by Crippen LogP contribution is -2.24. The molecule has 0 atom stereocenters. The van der Waals surface area contributed by atoms with Gasteiger partial charge in [-0.2, -0.15) is 5.26 Å². The molecule has 0 saturated carbocycles. The van der Waals surface area contributed by atoms with Gasteiger partial charge in [0.05, 0.1) is 18.2 Å². The number of hydrogen-bond donors (Lipinski definition) is 2. The first-order chi connectivity index (χ1) is 10.9. The van der Waals surface area contributed by atoms with Crippen molar-refractivity contribution in [2.45, 2.75) is 26.2 Å². The molecule has 0 unspecified atom stereocenters. The number of hydrogen-bond acceptors (Lipinski definition) is 3. The largest absolute Gasteiger partial charge is 0.376 e. The lowest BCUT2D eigenvalue weighted by molar-refractivity contribution is -0.114. The minimum Gasteiger partial charge on any atom is -0.376 e. The quantitative estimate of drug-likeness (QED) is 0.900. The van der Waals surface area contributed by atoms with E-state index in [4.69, 9.17) is 5.26 Å². The molecule has 0 fully saturated rings. The monoisotopic (exact) mass is 307 g/mol. The summed E-state index contributed by atoms with van der Waals surface area (Å²) in [7, 11) is 0. The Labute approximate surface area is 137 Å². The zero-order valence-electron chi connectivity index (χ0n) is 13.7. The van der Waals surface area contributed by atoms with Crippen LogP contribution in [0.15, 0.2) is 48.5 Å². The van der Waals surface area contributed by atoms with Gasteiger partial charge in [0.2, 0.25) is 5.91 Å². The molecule has 23 heavy (non-hydrogen) atoms. The van der Waals surface area contributed by atoms with Crippen LogP contribution in [0.4, 0.5) is 11.4 Å². The Morgan fingerprint density at radius 1 is 1.13 bits per heavy atom. The molecule has 1 amide bonds. The summed E-state index contributed by atoms with van der Waals surface area (Å²) >= 11 is 0. The maximum Gasteiger partial charge on any atom is 0.243 e. The SMILES string of the molecule is CC(C)(C)c1ccccc1NC(=O)CNc1cccc(C#N)c1. The third-order valence-electron chi connectivity index (χ3n) is 3.45. The summed E-state index contributed by atoms with van der Waals surface area (Å²) in [5.41, 5.74) is 3.20. The van der Waals surface area contributed by atoms with Crippen molar-refractivity contribution in [2.24, 2.45) is 0 Å². The van der Waals surface area contributed by atoms with Crippen LogP contribution in [0.3, 0.4) is 0 Å². The summed E-state index contributed by atoms with van der Waals surface area (Å²) in [5.74, 6) is -0.121. The Morgan fingerprint density at radius 2 is 1.87 bits per heavy atom. The number of nitrogens with zero attached hydrogens (tertiary/aromatic N) is 1. The van der Waals surface area contributed by atoms with Crippen LogP contribution in [0.5, 0.6) is 0 Å². The van der Waals surface area contributed by atoms with Gasteiger partial charge in [-0.1, -0.05) is 45.0 Å². The standard InChI is InChI=1S/C19H21N3O/c1-19(2,3)16-9-4-5-10-17(16)22-18(23)13-21-15-8-6-7-14(11-15)12-20/h4-11,21H,13H2,1-3H3,(H,22,23).